The molecule has 1 aliphatic heterocycles. The summed E-state index contributed by atoms with van der Waals surface area (Å²) in [5.74, 6) is 2.76. The SMILES string of the molecule is Cc1nc(Nc2ccc(NC(=O)COc3ccccc3)cc2)cc(N2CCOCC2)n1. The molecule has 8 nitrogen and oxygen atoms in total. The lowest BCUT2D eigenvalue weighted by molar-refractivity contribution is -0.118. The second-order valence-corrected chi connectivity index (χ2v) is 7.11. The number of hydrogen-bond donors (Lipinski definition) is 2. The van der Waals surface area contributed by atoms with Crippen molar-refractivity contribution in [3.63, 3.8) is 0 Å². The number of anilines is 4. The van der Waals surface area contributed by atoms with Crippen molar-refractivity contribution in [1.82, 2.24) is 9.97 Å². The fourth-order valence-electron chi connectivity index (χ4n) is 3.22. The van der Waals surface area contributed by atoms with E-state index in [1.54, 1.807) is 0 Å². The lowest BCUT2D eigenvalue weighted by Gasteiger charge is -2.28. The molecular weight excluding hydrogens is 394 g/mol. The maximum absolute atomic E-state index is 12.1. The highest BCUT2D eigenvalue weighted by molar-refractivity contribution is 5.92. The molecule has 1 saturated heterocycles. The van der Waals surface area contributed by atoms with Crippen molar-refractivity contribution in [2.24, 2.45) is 0 Å². The number of nitrogens with zero attached hydrogens (tertiary/aromatic N) is 3. The van der Waals surface area contributed by atoms with E-state index in [1.807, 2.05) is 67.6 Å². The van der Waals surface area contributed by atoms with E-state index >= 15 is 0 Å². The van der Waals surface area contributed by atoms with Crippen LogP contribution in [0, 0.1) is 6.92 Å². The van der Waals surface area contributed by atoms with Crippen LogP contribution in [0.5, 0.6) is 5.75 Å². The van der Waals surface area contributed by atoms with Crippen LogP contribution in [0.25, 0.3) is 0 Å². The highest BCUT2D eigenvalue weighted by atomic mass is 16.5. The Balaban J connectivity index is 1.34. The molecule has 160 valence electrons. The summed E-state index contributed by atoms with van der Waals surface area (Å²) in [6, 6.07) is 18.6. The van der Waals surface area contributed by atoms with Crippen LogP contribution in [-0.2, 0) is 9.53 Å². The Labute approximate surface area is 181 Å². The molecule has 3 aromatic rings. The summed E-state index contributed by atoms with van der Waals surface area (Å²) >= 11 is 0. The predicted molar refractivity (Wildman–Crippen MR) is 120 cm³/mol. The highest BCUT2D eigenvalue weighted by Crippen LogP contribution is 2.22. The maximum atomic E-state index is 12.1. The molecule has 0 unspecified atom stereocenters. The van der Waals surface area contributed by atoms with Gasteiger partial charge in [-0.05, 0) is 43.3 Å². The Morgan fingerprint density at radius 3 is 2.48 bits per heavy atom. The summed E-state index contributed by atoms with van der Waals surface area (Å²) in [6.45, 7) is 4.88. The van der Waals surface area contributed by atoms with Gasteiger partial charge in [-0.25, -0.2) is 9.97 Å². The molecule has 2 N–H and O–H groups in total. The van der Waals surface area contributed by atoms with Crippen LogP contribution in [-0.4, -0.2) is 48.8 Å². The summed E-state index contributed by atoms with van der Waals surface area (Å²) in [6.07, 6.45) is 0. The molecule has 1 aromatic heterocycles. The van der Waals surface area contributed by atoms with E-state index in [-0.39, 0.29) is 12.5 Å². The lowest BCUT2D eigenvalue weighted by Crippen LogP contribution is -2.36. The maximum Gasteiger partial charge on any atom is 0.262 e. The standard InChI is InChI=1S/C23H25N5O3/c1-17-24-21(15-22(25-17)28-11-13-30-14-12-28)26-18-7-9-19(10-8-18)27-23(29)16-31-20-5-3-2-4-6-20/h2-10,15H,11-14,16H2,1H3,(H,27,29)(H,24,25,26). The molecule has 2 heterocycles. The van der Waals surface area contributed by atoms with Crippen molar-refractivity contribution in [2.45, 2.75) is 6.92 Å². The van der Waals surface area contributed by atoms with E-state index < -0.39 is 0 Å². The smallest absolute Gasteiger partial charge is 0.262 e. The number of para-hydroxylation sites is 1. The monoisotopic (exact) mass is 419 g/mol. The summed E-state index contributed by atoms with van der Waals surface area (Å²) < 4.78 is 10.9. The Morgan fingerprint density at radius 1 is 1.03 bits per heavy atom. The first-order valence-corrected chi connectivity index (χ1v) is 10.2. The largest absolute Gasteiger partial charge is 0.484 e. The minimum absolute atomic E-state index is 0.0471. The Morgan fingerprint density at radius 2 is 1.74 bits per heavy atom. The van der Waals surface area contributed by atoms with Gasteiger partial charge in [0.25, 0.3) is 5.91 Å². The number of aromatic nitrogens is 2. The second-order valence-electron chi connectivity index (χ2n) is 7.11. The van der Waals surface area contributed by atoms with Crippen LogP contribution >= 0.6 is 0 Å². The molecule has 4 rings (SSSR count). The Bertz CT molecular complexity index is 1010. The van der Waals surface area contributed by atoms with Gasteiger partial charge in [-0.1, -0.05) is 18.2 Å². The van der Waals surface area contributed by atoms with Crippen molar-refractivity contribution < 1.29 is 14.3 Å². The molecule has 0 aliphatic carbocycles. The zero-order chi connectivity index (χ0) is 21.5. The number of amides is 1. The fraction of sp³-hybridized carbons (Fsp3) is 0.261. The minimum Gasteiger partial charge on any atom is -0.484 e. The molecule has 0 radical (unpaired) electrons. The fourth-order valence-corrected chi connectivity index (χ4v) is 3.22. The number of ether oxygens (including phenoxy) is 2. The van der Waals surface area contributed by atoms with Crippen LogP contribution in [0.4, 0.5) is 23.0 Å². The zero-order valence-electron chi connectivity index (χ0n) is 17.4. The van der Waals surface area contributed by atoms with Gasteiger partial charge in [0.15, 0.2) is 6.61 Å². The van der Waals surface area contributed by atoms with Gasteiger partial charge in [-0.15, -0.1) is 0 Å². The lowest BCUT2D eigenvalue weighted by atomic mass is 10.2. The number of carbonyl (C=O) groups is 1. The van der Waals surface area contributed by atoms with E-state index in [2.05, 4.69) is 25.5 Å². The van der Waals surface area contributed by atoms with Crippen LogP contribution in [0.1, 0.15) is 5.82 Å². The van der Waals surface area contributed by atoms with Gasteiger partial charge in [-0.3, -0.25) is 4.79 Å². The van der Waals surface area contributed by atoms with Crippen molar-refractivity contribution in [2.75, 3.05) is 48.4 Å². The van der Waals surface area contributed by atoms with Gasteiger partial charge < -0.3 is 25.0 Å². The molecule has 0 atom stereocenters. The van der Waals surface area contributed by atoms with Crippen molar-refractivity contribution in [3.8, 4) is 5.75 Å². The first-order valence-electron chi connectivity index (χ1n) is 10.2. The summed E-state index contributed by atoms with van der Waals surface area (Å²) in [5.41, 5.74) is 1.56. The Kier molecular flexibility index (Phi) is 6.59. The molecule has 0 spiro atoms. The number of benzene rings is 2. The van der Waals surface area contributed by atoms with Gasteiger partial charge in [0.1, 0.15) is 23.2 Å². The number of rotatable bonds is 7. The van der Waals surface area contributed by atoms with Crippen molar-refractivity contribution in [3.05, 3.63) is 66.5 Å². The predicted octanol–water partition coefficient (Wildman–Crippen LogP) is 3.38. The quantitative estimate of drug-likeness (QED) is 0.607. The first kappa shape index (κ1) is 20.6. The molecular formula is C23H25N5O3. The number of aryl methyl sites for hydroxylation is 1. The minimum atomic E-state index is -0.217. The molecule has 0 bridgehead atoms. The van der Waals surface area contributed by atoms with Crippen LogP contribution in [0.15, 0.2) is 60.7 Å². The number of hydrogen-bond acceptors (Lipinski definition) is 7. The molecule has 1 amide bonds. The second kappa shape index (κ2) is 9.90. The van der Waals surface area contributed by atoms with E-state index in [1.165, 1.54) is 0 Å². The van der Waals surface area contributed by atoms with E-state index in [0.29, 0.717) is 30.5 Å². The third-order valence-corrected chi connectivity index (χ3v) is 4.71. The van der Waals surface area contributed by atoms with E-state index in [4.69, 9.17) is 9.47 Å². The van der Waals surface area contributed by atoms with Gasteiger partial charge in [0, 0.05) is 30.5 Å². The molecule has 8 heteroatoms. The molecule has 31 heavy (non-hydrogen) atoms. The summed E-state index contributed by atoms with van der Waals surface area (Å²) in [4.78, 5) is 23.3. The Hall–Kier alpha value is -3.65. The zero-order valence-corrected chi connectivity index (χ0v) is 17.4. The van der Waals surface area contributed by atoms with Gasteiger partial charge in [0.2, 0.25) is 0 Å². The summed E-state index contributed by atoms with van der Waals surface area (Å²) in [7, 11) is 0. The average Bonchev–Trinajstić information content (AvgIpc) is 2.80. The number of nitrogens with one attached hydrogen (secondary N) is 2. The van der Waals surface area contributed by atoms with Gasteiger partial charge in [0.05, 0.1) is 13.2 Å². The third-order valence-electron chi connectivity index (χ3n) is 4.71. The third kappa shape index (κ3) is 5.93. The van der Waals surface area contributed by atoms with Crippen LogP contribution in [0.3, 0.4) is 0 Å². The average molecular weight is 419 g/mol. The number of morpholine rings is 1. The van der Waals surface area contributed by atoms with Gasteiger partial charge in [-0.2, -0.15) is 0 Å². The first-order chi connectivity index (χ1) is 15.2. The number of carbonyl (C=O) groups excluding carboxylic acids is 1. The molecule has 1 fully saturated rings. The topological polar surface area (TPSA) is 88.6 Å². The van der Waals surface area contributed by atoms with Gasteiger partial charge >= 0.3 is 0 Å². The van der Waals surface area contributed by atoms with Crippen molar-refractivity contribution in [1.29, 1.82) is 0 Å². The molecule has 0 saturated carbocycles. The van der Waals surface area contributed by atoms with E-state index in [0.717, 1.165) is 30.4 Å². The van der Waals surface area contributed by atoms with Crippen molar-refractivity contribution >= 4 is 28.9 Å². The highest BCUT2D eigenvalue weighted by Gasteiger charge is 2.14. The van der Waals surface area contributed by atoms with Crippen LogP contribution < -0.4 is 20.3 Å². The normalized spacial score (nSPS) is 13.5. The molecule has 1 aliphatic rings. The summed E-state index contributed by atoms with van der Waals surface area (Å²) in [5, 5.41) is 6.13. The van der Waals surface area contributed by atoms with Crippen LogP contribution in [0.2, 0.25) is 0 Å². The van der Waals surface area contributed by atoms with E-state index in [9.17, 15) is 4.79 Å². The molecule has 2 aromatic carbocycles.